The third-order valence-electron chi connectivity index (χ3n) is 3.59. The third-order valence-corrected chi connectivity index (χ3v) is 4.62. The number of aliphatic hydroxyl groups is 2. The number of hydrogen-bond donors (Lipinski definition) is 2. The Balaban J connectivity index is 2.06. The zero-order valence-electron chi connectivity index (χ0n) is 13.2. The summed E-state index contributed by atoms with van der Waals surface area (Å²) in [5.74, 6) is 0.534. The van der Waals surface area contributed by atoms with Crippen molar-refractivity contribution in [1.29, 1.82) is 0 Å². The Morgan fingerprint density at radius 2 is 1.73 bits per heavy atom. The fourth-order valence-corrected chi connectivity index (χ4v) is 3.26. The van der Waals surface area contributed by atoms with Crippen LogP contribution in [0.3, 0.4) is 0 Å². The minimum Gasteiger partial charge on any atom is -0.395 e. The number of thiazole rings is 1. The van der Waals surface area contributed by atoms with E-state index in [-0.39, 0.29) is 13.2 Å². The predicted molar refractivity (Wildman–Crippen MR) is 91.1 cm³/mol. The van der Waals surface area contributed by atoms with Gasteiger partial charge in [-0.1, -0.05) is 38.1 Å². The molecule has 120 valence electrons. The number of aromatic nitrogens is 1. The van der Waals surface area contributed by atoms with Crippen LogP contribution in [0.4, 0.5) is 0 Å². The fourth-order valence-electron chi connectivity index (χ4n) is 2.30. The van der Waals surface area contributed by atoms with E-state index in [2.05, 4.69) is 43.1 Å². The summed E-state index contributed by atoms with van der Waals surface area (Å²) < 4.78 is 0. The molecule has 0 amide bonds. The molecule has 1 heterocycles. The van der Waals surface area contributed by atoms with Gasteiger partial charge in [0.15, 0.2) is 0 Å². The van der Waals surface area contributed by atoms with Gasteiger partial charge in [-0.3, -0.25) is 4.90 Å². The van der Waals surface area contributed by atoms with Crippen molar-refractivity contribution in [2.24, 2.45) is 0 Å². The van der Waals surface area contributed by atoms with E-state index < -0.39 is 0 Å². The van der Waals surface area contributed by atoms with Gasteiger partial charge in [0, 0.05) is 36.3 Å². The molecule has 22 heavy (non-hydrogen) atoms. The lowest BCUT2D eigenvalue weighted by molar-refractivity contribution is 0.157. The van der Waals surface area contributed by atoms with Crippen LogP contribution in [0.1, 0.15) is 30.2 Å². The Morgan fingerprint density at radius 3 is 2.27 bits per heavy atom. The summed E-state index contributed by atoms with van der Waals surface area (Å²) in [4.78, 5) is 7.67. The van der Waals surface area contributed by atoms with Crippen LogP contribution in [0.15, 0.2) is 30.5 Å². The lowest BCUT2D eigenvalue weighted by Crippen LogP contribution is -2.28. The molecule has 0 radical (unpaired) electrons. The van der Waals surface area contributed by atoms with Gasteiger partial charge in [-0.2, -0.15) is 0 Å². The van der Waals surface area contributed by atoms with Gasteiger partial charge >= 0.3 is 0 Å². The largest absolute Gasteiger partial charge is 0.395 e. The first-order valence-corrected chi connectivity index (χ1v) is 8.44. The van der Waals surface area contributed by atoms with E-state index in [1.807, 2.05) is 11.1 Å². The Labute approximate surface area is 136 Å². The van der Waals surface area contributed by atoms with Crippen molar-refractivity contribution in [3.63, 3.8) is 0 Å². The van der Waals surface area contributed by atoms with E-state index in [9.17, 15) is 0 Å². The molecule has 0 fully saturated rings. The summed E-state index contributed by atoms with van der Waals surface area (Å²) in [6, 6.07) is 8.56. The summed E-state index contributed by atoms with van der Waals surface area (Å²) >= 11 is 1.66. The van der Waals surface area contributed by atoms with Crippen molar-refractivity contribution in [2.45, 2.75) is 26.3 Å². The molecule has 2 rings (SSSR count). The molecule has 2 N–H and O–H groups in total. The van der Waals surface area contributed by atoms with E-state index in [1.165, 1.54) is 5.56 Å². The fraction of sp³-hybridized carbons (Fsp3) is 0.471. The van der Waals surface area contributed by atoms with E-state index >= 15 is 0 Å². The topological polar surface area (TPSA) is 56.6 Å². The quantitative estimate of drug-likeness (QED) is 0.785. The molecule has 0 unspecified atom stereocenters. The van der Waals surface area contributed by atoms with Crippen LogP contribution in [0, 0.1) is 0 Å². The molecule has 4 nitrogen and oxygen atoms in total. The van der Waals surface area contributed by atoms with Crippen molar-refractivity contribution in [3.05, 3.63) is 40.9 Å². The molecular formula is C17H24N2O2S. The zero-order valence-corrected chi connectivity index (χ0v) is 14.0. The van der Waals surface area contributed by atoms with Gasteiger partial charge in [-0.05, 0) is 11.5 Å². The van der Waals surface area contributed by atoms with Crippen LogP contribution in [0.5, 0.6) is 0 Å². The van der Waals surface area contributed by atoms with E-state index in [0.717, 1.165) is 15.4 Å². The third kappa shape index (κ3) is 4.61. The first-order chi connectivity index (χ1) is 10.6. The van der Waals surface area contributed by atoms with Crippen molar-refractivity contribution in [2.75, 3.05) is 26.3 Å². The van der Waals surface area contributed by atoms with Crippen molar-refractivity contribution in [1.82, 2.24) is 9.88 Å². The smallest absolute Gasteiger partial charge is 0.123 e. The average molecular weight is 320 g/mol. The maximum absolute atomic E-state index is 9.06. The van der Waals surface area contributed by atoms with Gasteiger partial charge in [0.05, 0.1) is 13.2 Å². The molecule has 0 aliphatic heterocycles. The molecule has 1 aromatic heterocycles. The van der Waals surface area contributed by atoms with E-state index in [0.29, 0.717) is 25.6 Å². The average Bonchev–Trinajstić information content (AvgIpc) is 2.96. The zero-order chi connectivity index (χ0) is 15.9. The number of hydrogen-bond acceptors (Lipinski definition) is 5. The van der Waals surface area contributed by atoms with Gasteiger partial charge in [0.2, 0.25) is 0 Å². The molecule has 5 heteroatoms. The highest BCUT2D eigenvalue weighted by atomic mass is 32.1. The first kappa shape index (κ1) is 17.1. The maximum Gasteiger partial charge on any atom is 0.123 e. The second-order valence-electron chi connectivity index (χ2n) is 5.63. The van der Waals surface area contributed by atoms with Crippen LogP contribution in [-0.4, -0.2) is 46.4 Å². The molecule has 0 aliphatic rings. The summed E-state index contributed by atoms with van der Waals surface area (Å²) in [7, 11) is 0. The monoisotopic (exact) mass is 320 g/mol. The molecule has 0 atom stereocenters. The van der Waals surface area contributed by atoms with Crippen LogP contribution >= 0.6 is 11.3 Å². The summed E-state index contributed by atoms with van der Waals surface area (Å²) in [5, 5.41) is 19.1. The van der Waals surface area contributed by atoms with E-state index in [4.69, 9.17) is 10.2 Å². The molecule has 1 aromatic carbocycles. The van der Waals surface area contributed by atoms with Crippen molar-refractivity contribution in [3.8, 4) is 10.6 Å². The predicted octanol–water partition coefficient (Wildman–Crippen LogP) is 2.72. The number of benzene rings is 1. The van der Waals surface area contributed by atoms with Crippen molar-refractivity contribution >= 4 is 11.3 Å². The van der Waals surface area contributed by atoms with Gasteiger partial charge in [0.25, 0.3) is 0 Å². The highest BCUT2D eigenvalue weighted by Crippen LogP contribution is 2.27. The summed E-state index contributed by atoms with van der Waals surface area (Å²) in [6.07, 6.45) is 1.89. The van der Waals surface area contributed by atoms with Gasteiger partial charge < -0.3 is 10.2 Å². The minimum atomic E-state index is 0.0995. The molecule has 0 saturated carbocycles. The Kier molecular flexibility index (Phi) is 6.51. The standard InChI is InChI=1S/C17H24N2O2S/c1-13(2)14-3-5-15(6-4-14)17-18-11-16(22-17)12-19(7-9-20)8-10-21/h3-6,11,13,20-21H,7-10,12H2,1-2H3. The SMILES string of the molecule is CC(C)c1ccc(-c2ncc(CN(CCO)CCO)s2)cc1. The number of nitrogens with zero attached hydrogens (tertiary/aromatic N) is 2. The minimum absolute atomic E-state index is 0.0995. The summed E-state index contributed by atoms with van der Waals surface area (Å²) in [6.45, 7) is 6.42. The van der Waals surface area contributed by atoms with Gasteiger partial charge in [-0.15, -0.1) is 11.3 Å². The first-order valence-electron chi connectivity index (χ1n) is 7.63. The Bertz CT molecular complexity index is 560. The Morgan fingerprint density at radius 1 is 1.09 bits per heavy atom. The Hall–Kier alpha value is -1.27. The molecular weight excluding hydrogens is 296 g/mol. The second-order valence-corrected chi connectivity index (χ2v) is 6.75. The number of aliphatic hydroxyl groups excluding tert-OH is 2. The maximum atomic E-state index is 9.06. The van der Waals surface area contributed by atoms with Crippen molar-refractivity contribution < 1.29 is 10.2 Å². The molecule has 0 spiro atoms. The lowest BCUT2D eigenvalue weighted by atomic mass is 10.0. The summed E-state index contributed by atoms with van der Waals surface area (Å²) in [5.41, 5.74) is 2.47. The molecule has 2 aromatic rings. The van der Waals surface area contributed by atoms with Crippen LogP contribution in [-0.2, 0) is 6.54 Å². The van der Waals surface area contributed by atoms with Gasteiger partial charge in [0.1, 0.15) is 5.01 Å². The second kappa shape index (κ2) is 8.39. The van der Waals surface area contributed by atoms with Crippen LogP contribution < -0.4 is 0 Å². The molecule has 0 saturated heterocycles. The highest BCUT2D eigenvalue weighted by Gasteiger charge is 2.10. The van der Waals surface area contributed by atoms with Gasteiger partial charge in [-0.25, -0.2) is 4.98 Å². The van der Waals surface area contributed by atoms with E-state index in [1.54, 1.807) is 11.3 Å². The molecule has 0 aliphatic carbocycles. The van der Waals surface area contributed by atoms with Crippen LogP contribution in [0.2, 0.25) is 0 Å². The van der Waals surface area contributed by atoms with Crippen LogP contribution in [0.25, 0.3) is 10.6 Å². The molecule has 0 bridgehead atoms. The lowest BCUT2D eigenvalue weighted by Gasteiger charge is -2.18. The number of rotatable bonds is 8. The highest BCUT2D eigenvalue weighted by molar-refractivity contribution is 7.15. The normalized spacial score (nSPS) is 11.5.